The van der Waals surface area contributed by atoms with Gasteiger partial charge >= 0.3 is 0 Å². The zero-order chi connectivity index (χ0) is 13.3. The predicted molar refractivity (Wildman–Crippen MR) is 74.6 cm³/mol. The van der Waals surface area contributed by atoms with Crippen LogP contribution in [-0.4, -0.2) is 23.1 Å². The van der Waals surface area contributed by atoms with Crippen LogP contribution in [0.2, 0.25) is 5.28 Å². The first-order valence-electron chi connectivity index (χ1n) is 5.79. The molecule has 18 heavy (non-hydrogen) atoms. The van der Waals surface area contributed by atoms with Gasteiger partial charge in [0.15, 0.2) is 0 Å². The zero-order valence-electron chi connectivity index (χ0n) is 10.9. The molecule has 1 heterocycles. The second-order valence-electron chi connectivity index (χ2n) is 4.48. The van der Waals surface area contributed by atoms with Crippen LogP contribution < -0.4 is 10.1 Å². The number of halogens is 1. The van der Waals surface area contributed by atoms with E-state index in [0.29, 0.717) is 0 Å². The highest BCUT2D eigenvalue weighted by atomic mass is 35.5. The Kier molecular flexibility index (Phi) is 3.57. The minimum atomic E-state index is 0.249. The molecule has 0 radical (unpaired) electrons. The molecule has 4 nitrogen and oxygen atoms in total. The SMILES string of the molecule is COc1cc(C)c2nc(Cl)nc(NC(C)C)c2c1. The quantitative estimate of drug-likeness (QED) is 0.864. The summed E-state index contributed by atoms with van der Waals surface area (Å²) in [4.78, 5) is 8.52. The van der Waals surface area contributed by atoms with Crippen molar-refractivity contribution in [1.82, 2.24) is 9.97 Å². The van der Waals surface area contributed by atoms with E-state index in [1.165, 1.54) is 0 Å². The Morgan fingerprint density at radius 1 is 1.28 bits per heavy atom. The number of aryl methyl sites for hydroxylation is 1. The third kappa shape index (κ3) is 2.48. The van der Waals surface area contributed by atoms with Crippen molar-refractivity contribution in [2.45, 2.75) is 26.8 Å². The Bertz CT molecular complexity index is 584. The van der Waals surface area contributed by atoms with E-state index in [1.54, 1.807) is 7.11 Å². The molecular weight excluding hydrogens is 250 g/mol. The van der Waals surface area contributed by atoms with E-state index >= 15 is 0 Å². The van der Waals surface area contributed by atoms with Crippen molar-refractivity contribution < 1.29 is 4.74 Å². The highest BCUT2D eigenvalue weighted by Crippen LogP contribution is 2.29. The molecule has 1 aromatic heterocycles. The van der Waals surface area contributed by atoms with Crippen LogP contribution in [0.4, 0.5) is 5.82 Å². The number of hydrogen-bond donors (Lipinski definition) is 1. The Balaban J connectivity index is 2.71. The van der Waals surface area contributed by atoms with Gasteiger partial charge in [-0.3, -0.25) is 0 Å². The first-order chi connectivity index (χ1) is 8.51. The maximum absolute atomic E-state index is 5.96. The lowest BCUT2D eigenvalue weighted by atomic mass is 10.1. The van der Waals surface area contributed by atoms with Crippen molar-refractivity contribution in [3.63, 3.8) is 0 Å². The molecule has 5 heteroatoms. The van der Waals surface area contributed by atoms with E-state index in [0.717, 1.165) is 28.0 Å². The van der Waals surface area contributed by atoms with Crippen molar-refractivity contribution in [3.05, 3.63) is 23.0 Å². The topological polar surface area (TPSA) is 47.0 Å². The van der Waals surface area contributed by atoms with Crippen molar-refractivity contribution in [1.29, 1.82) is 0 Å². The van der Waals surface area contributed by atoms with E-state index in [2.05, 4.69) is 29.1 Å². The van der Waals surface area contributed by atoms with E-state index in [4.69, 9.17) is 16.3 Å². The minimum absolute atomic E-state index is 0.249. The molecule has 0 unspecified atom stereocenters. The van der Waals surface area contributed by atoms with Gasteiger partial charge in [-0.1, -0.05) is 0 Å². The number of benzene rings is 1. The molecule has 0 fully saturated rings. The van der Waals surface area contributed by atoms with Crippen molar-refractivity contribution in [3.8, 4) is 5.75 Å². The molecule has 2 aromatic rings. The summed E-state index contributed by atoms with van der Waals surface area (Å²) >= 11 is 5.96. The van der Waals surface area contributed by atoms with Crippen LogP contribution in [0, 0.1) is 6.92 Å². The van der Waals surface area contributed by atoms with Crippen LogP contribution in [0.1, 0.15) is 19.4 Å². The number of methoxy groups -OCH3 is 1. The second kappa shape index (κ2) is 4.98. The number of anilines is 1. The van der Waals surface area contributed by atoms with Gasteiger partial charge in [-0.05, 0) is 50.1 Å². The zero-order valence-corrected chi connectivity index (χ0v) is 11.7. The summed E-state index contributed by atoms with van der Waals surface area (Å²) in [5.74, 6) is 1.53. The lowest BCUT2D eigenvalue weighted by molar-refractivity contribution is 0.415. The van der Waals surface area contributed by atoms with Crippen molar-refractivity contribution in [2.24, 2.45) is 0 Å². The number of nitrogens with one attached hydrogen (secondary N) is 1. The predicted octanol–water partition coefficient (Wildman–Crippen LogP) is 3.42. The summed E-state index contributed by atoms with van der Waals surface area (Å²) in [5, 5.41) is 4.45. The molecule has 2 rings (SSSR count). The first-order valence-corrected chi connectivity index (χ1v) is 6.17. The molecule has 0 saturated heterocycles. The Hall–Kier alpha value is -1.55. The number of fused-ring (bicyclic) bond motifs is 1. The number of nitrogens with zero attached hydrogens (tertiary/aromatic N) is 2. The Morgan fingerprint density at radius 2 is 2.00 bits per heavy atom. The maximum atomic E-state index is 5.96. The third-order valence-electron chi connectivity index (χ3n) is 2.60. The van der Waals surface area contributed by atoms with Gasteiger partial charge in [-0.25, -0.2) is 9.97 Å². The number of rotatable bonds is 3. The van der Waals surface area contributed by atoms with Gasteiger partial charge in [0.25, 0.3) is 0 Å². The summed E-state index contributed by atoms with van der Waals surface area (Å²) in [6.07, 6.45) is 0. The molecule has 0 saturated carbocycles. The molecule has 1 aromatic carbocycles. The maximum Gasteiger partial charge on any atom is 0.224 e. The van der Waals surface area contributed by atoms with Crippen LogP contribution in [0.5, 0.6) is 5.75 Å². The van der Waals surface area contributed by atoms with Crippen molar-refractivity contribution >= 4 is 28.3 Å². The normalized spacial score (nSPS) is 11.0. The van der Waals surface area contributed by atoms with Gasteiger partial charge in [0.05, 0.1) is 12.6 Å². The highest BCUT2D eigenvalue weighted by molar-refractivity contribution is 6.28. The summed E-state index contributed by atoms with van der Waals surface area (Å²) < 4.78 is 5.28. The summed E-state index contributed by atoms with van der Waals surface area (Å²) in [5.41, 5.74) is 1.86. The Morgan fingerprint density at radius 3 is 2.61 bits per heavy atom. The minimum Gasteiger partial charge on any atom is -0.497 e. The smallest absolute Gasteiger partial charge is 0.224 e. The molecule has 0 bridgehead atoms. The van der Waals surface area contributed by atoms with Gasteiger partial charge in [0, 0.05) is 11.4 Å². The summed E-state index contributed by atoms with van der Waals surface area (Å²) in [6, 6.07) is 4.12. The van der Waals surface area contributed by atoms with E-state index in [9.17, 15) is 0 Å². The van der Waals surface area contributed by atoms with Gasteiger partial charge in [0.1, 0.15) is 11.6 Å². The van der Waals surface area contributed by atoms with Crippen molar-refractivity contribution in [2.75, 3.05) is 12.4 Å². The second-order valence-corrected chi connectivity index (χ2v) is 4.82. The van der Waals surface area contributed by atoms with Gasteiger partial charge < -0.3 is 10.1 Å². The Labute approximate surface area is 111 Å². The fourth-order valence-corrected chi connectivity index (χ4v) is 2.02. The van der Waals surface area contributed by atoms with E-state index in [1.807, 2.05) is 19.1 Å². The fourth-order valence-electron chi connectivity index (χ4n) is 1.85. The van der Waals surface area contributed by atoms with Gasteiger partial charge in [0.2, 0.25) is 5.28 Å². The molecule has 0 atom stereocenters. The molecule has 0 spiro atoms. The average Bonchev–Trinajstić information content (AvgIpc) is 2.29. The third-order valence-corrected chi connectivity index (χ3v) is 2.77. The lowest BCUT2D eigenvalue weighted by Crippen LogP contribution is -2.12. The molecule has 1 N–H and O–H groups in total. The standard InChI is InChI=1S/C13H16ClN3O/c1-7(2)15-12-10-6-9(18-4)5-8(3)11(10)16-13(14)17-12/h5-7H,1-4H3,(H,15,16,17). The largest absolute Gasteiger partial charge is 0.497 e. The van der Waals surface area contributed by atoms with Crippen LogP contribution in [0.15, 0.2) is 12.1 Å². The van der Waals surface area contributed by atoms with E-state index < -0.39 is 0 Å². The summed E-state index contributed by atoms with van der Waals surface area (Å²) in [7, 11) is 1.65. The van der Waals surface area contributed by atoms with Gasteiger partial charge in [-0.15, -0.1) is 0 Å². The molecular formula is C13H16ClN3O. The van der Waals surface area contributed by atoms with Crippen LogP contribution in [-0.2, 0) is 0 Å². The van der Waals surface area contributed by atoms with Crippen LogP contribution in [0.3, 0.4) is 0 Å². The number of ether oxygens (including phenoxy) is 1. The molecule has 0 aliphatic rings. The number of hydrogen-bond acceptors (Lipinski definition) is 4. The van der Waals surface area contributed by atoms with Crippen LogP contribution >= 0.6 is 11.6 Å². The number of aromatic nitrogens is 2. The average molecular weight is 266 g/mol. The van der Waals surface area contributed by atoms with E-state index in [-0.39, 0.29) is 11.3 Å². The molecule has 0 aliphatic carbocycles. The molecule has 0 aliphatic heterocycles. The lowest BCUT2D eigenvalue weighted by Gasteiger charge is -2.13. The first kappa shape index (κ1) is 12.9. The summed E-state index contributed by atoms with van der Waals surface area (Å²) in [6.45, 7) is 6.08. The molecule has 96 valence electrons. The van der Waals surface area contributed by atoms with Crippen LogP contribution in [0.25, 0.3) is 10.9 Å². The fraction of sp³-hybridized carbons (Fsp3) is 0.385. The highest BCUT2D eigenvalue weighted by Gasteiger charge is 2.11. The molecule has 0 amide bonds. The van der Waals surface area contributed by atoms with Gasteiger partial charge in [-0.2, -0.15) is 0 Å². The monoisotopic (exact) mass is 265 g/mol.